The third-order valence-electron chi connectivity index (χ3n) is 4.02. The molecular weight excluding hydrogens is 220 g/mol. The van der Waals surface area contributed by atoms with Gasteiger partial charge in [0.25, 0.3) is 0 Å². The summed E-state index contributed by atoms with van der Waals surface area (Å²) in [4.78, 5) is 2.70. The van der Waals surface area contributed by atoms with Crippen molar-refractivity contribution in [3.63, 3.8) is 0 Å². The quantitative estimate of drug-likeness (QED) is 0.826. The molecule has 1 fully saturated rings. The molecule has 1 saturated heterocycles. The van der Waals surface area contributed by atoms with Crippen LogP contribution in [0.25, 0.3) is 0 Å². The van der Waals surface area contributed by atoms with E-state index in [1.54, 1.807) is 0 Å². The summed E-state index contributed by atoms with van der Waals surface area (Å²) in [7, 11) is 0. The smallest absolute Gasteiger partial charge is 0.0125 e. The fourth-order valence-electron chi connectivity index (χ4n) is 2.55. The first kappa shape index (κ1) is 16.0. The monoisotopic (exact) mass is 254 g/mol. The van der Waals surface area contributed by atoms with Crippen molar-refractivity contribution >= 4 is 0 Å². The van der Waals surface area contributed by atoms with Gasteiger partial charge in [0, 0.05) is 12.1 Å². The molecule has 18 heavy (non-hydrogen) atoms. The zero-order valence-electron chi connectivity index (χ0n) is 13.5. The maximum atomic E-state index is 3.46. The number of nitrogens with zero attached hydrogens (tertiary/aromatic N) is 1. The summed E-state index contributed by atoms with van der Waals surface area (Å²) in [5, 5.41) is 3.46. The molecule has 1 aliphatic heterocycles. The number of rotatable bonds is 4. The molecule has 1 rings (SSSR count). The van der Waals surface area contributed by atoms with Gasteiger partial charge >= 0.3 is 0 Å². The highest BCUT2D eigenvalue weighted by atomic mass is 15.2. The van der Waals surface area contributed by atoms with Crippen LogP contribution in [0, 0.1) is 11.3 Å². The molecule has 0 radical (unpaired) electrons. The molecule has 2 heteroatoms. The van der Waals surface area contributed by atoms with Crippen LogP contribution in [0.3, 0.4) is 0 Å². The van der Waals surface area contributed by atoms with Crippen LogP contribution in [0.4, 0.5) is 0 Å². The van der Waals surface area contributed by atoms with Crippen molar-refractivity contribution in [3.05, 3.63) is 0 Å². The second-order valence-corrected chi connectivity index (χ2v) is 8.12. The van der Waals surface area contributed by atoms with E-state index in [4.69, 9.17) is 0 Å². The molecule has 0 saturated carbocycles. The molecule has 0 atom stereocenters. The maximum Gasteiger partial charge on any atom is 0.0125 e. The lowest BCUT2D eigenvalue weighted by Crippen LogP contribution is -2.47. The molecule has 1 aliphatic rings. The molecule has 2 nitrogen and oxygen atoms in total. The fraction of sp³-hybridized carbons (Fsp3) is 1.00. The molecular formula is C16H34N2. The van der Waals surface area contributed by atoms with E-state index in [0.717, 1.165) is 5.92 Å². The summed E-state index contributed by atoms with van der Waals surface area (Å²) in [6.07, 6.45) is 3.99. The lowest BCUT2D eigenvalue weighted by atomic mass is 9.90. The van der Waals surface area contributed by atoms with Crippen molar-refractivity contribution < 1.29 is 0 Å². The maximum absolute atomic E-state index is 3.46. The van der Waals surface area contributed by atoms with Gasteiger partial charge in [-0.25, -0.2) is 0 Å². The lowest BCUT2D eigenvalue weighted by molar-refractivity contribution is 0.0900. The lowest BCUT2D eigenvalue weighted by Gasteiger charge is -2.40. The molecule has 1 heterocycles. The highest BCUT2D eigenvalue weighted by Gasteiger charge is 2.26. The van der Waals surface area contributed by atoms with Crippen LogP contribution in [0.2, 0.25) is 0 Å². The predicted octanol–water partition coefficient (Wildman–Crippen LogP) is 3.52. The Morgan fingerprint density at radius 2 is 1.56 bits per heavy atom. The van der Waals surface area contributed by atoms with Crippen LogP contribution in [-0.4, -0.2) is 36.6 Å². The van der Waals surface area contributed by atoms with Crippen LogP contribution < -0.4 is 5.32 Å². The summed E-state index contributed by atoms with van der Waals surface area (Å²) in [6, 6.07) is 0. The number of hydrogen-bond donors (Lipinski definition) is 1. The van der Waals surface area contributed by atoms with E-state index in [1.807, 2.05) is 0 Å². The van der Waals surface area contributed by atoms with Gasteiger partial charge in [-0.05, 0) is 71.0 Å². The Bertz CT molecular complexity index is 228. The fourth-order valence-corrected chi connectivity index (χ4v) is 2.55. The average molecular weight is 254 g/mol. The first-order valence-corrected chi connectivity index (χ1v) is 7.64. The minimum Gasteiger partial charge on any atom is -0.317 e. The highest BCUT2D eigenvalue weighted by molar-refractivity contribution is 4.82. The van der Waals surface area contributed by atoms with Gasteiger partial charge < -0.3 is 5.32 Å². The molecule has 0 unspecified atom stereocenters. The first-order chi connectivity index (χ1) is 8.18. The summed E-state index contributed by atoms with van der Waals surface area (Å²) in [5.74, 6) is 0.894. The Balaban J connectivity index is 2.50. The second kappa shape index (κ2) is 6.38. The SMILES string of the molecule is CC(C)(C)CCN(CC1CCNCC1)C(C)(C)C. The van der Waals surface area contributed by atoms with Crippen molar-refractivity contribution in [3.8, 4) is 0 Å². The van der Waals surface area contributed by atoms with Gasteiger partial charge in [-0.2, -0.15) is 0 Å². The first-order valence-electron chi connectivity index (χ1n) is 7.64. The molecule has 0 aromatic rings. The summed E-state index contributed by atoms with van der Waals surface area (Å²) in [5.41, 5.74) is 0.744. The topological polar surface area (TPSA) is 15.3 Å². The van der Waals surface area contributed by atoms with E-state index in [1.165, 1.54) is 45.4 Å². The van der Waals surface area contributed by atoms with E-state index >= 15 is 0 Å². The third kappa shape index (κ3) is 6.19. The standard InChI is InChI=1S/C16H34N2/c1-15(2,3)9-12-18(16(4,5)6)13-14-7-10-17-11-8-14/h14,17H,7-13H2,1-6H3. The van der Waals surface area contributed by atoms with E-state index < -0.39 is 0 Å². The van der Waals surface area contributed by atoms with Crippen LogP contribution in [-0.2, 0) is 0 Å². The van der Waals surface area contributed by atoms with Crippen molar-refractivity contribution in [2.75, 3.05) is 26.2 Å². The van der Waals surface area contributed by atoms with Crippen LogP contribution >= 0.6 is 0 Å². The van der Waals surface area contributed by atoms with Crippen molar-refractivity contribution in [2.45, 2.75) is 66.3 Å². The van der Waals surface area contributed by atoms with E-state index in [-0.39, 0.29) is 0 Å². The number of hydrogen-bond acceptors (Lipinski definition) is 2. The Labute approximate surface area is 115 Å². The van der Waals surface area contributed by atoms with Gasteiger partial charge in [0.2, 0.25) is 0 Å². The zero-order chi connectivity index (χ0) is 13.8. The number of piperidine rings is 1. The molecule has 108 valence electrons. The number of nitrogens with one attached hydrogen (secondary N) is 1. The van der Waals surface area contributed by atoms with Gasteiger partial charge in [0.1, 0.15) is 0 Å². The Morgan fingerprint density at radius 1 is 1.00 bits per heavy atom. The molecule has 1 N–H and O–H groups in total. The zero-order valence-corrected chi connectivity index (χ0v) is 13.5. The Morgan fingerprint density at radius 3 is 2.00 bits per heavy atom. The predicted molar refractivity (Wildman–Crippen MR) is 81.0 cm³/mol. The largest absolute Gasteiger partial charge is 0.317 e. The van der Waals surface area contributed by atoms with Gasteiger partial charge in [0.15, 0.2) is 0 Å². The van der Waals surface area contributed by atoms with Gasteiger partial charge in [-0.1, -0.05) is 20.8 Å². The van der Waals surface area contributed by atoms with Crippen molar-refractivity contribution in [1.29, 1.82) is 0 Å². The second-order valence-electron chi connectivity index (χ2n) is 8.12. The molecule has 0 amide bonds. The van der Waals surface area contributed by atoms with Gasteiger partial charge in [-0.3, -0.25) is 4.90 Å². The minimum absolute atomic E-state index is 0.302. The van der Waals surface area contributed by atoms with Gasteiger partial charge in [-0.15, -0.1) is 0 Å². The highest BCUT2D eigenvalue weighted by Crippen LogP contribution is 2.24. The molecule has 0 bridgehead atoms. The Kier molecular flexibility index (Phi) is 5.67. The molecule has 0 aromatic heterocycles. The van der Waals surface area contributed by atoms with Crippen LogP contribution in [0.5, 0.6) is 0 Å². The normalized spacial score (nSPS) is 19.5. The molecule has 0 spiro atoms. The molecule has 0 aromatic carbocycles. The summed E-state index contributed by atoms with van der Waals surface area (Å²) < 4.78 is 0. The van der Waals surface area contributed by atoms with Crippen molar-refractivity contribution in [2.24, 2.45) is 11.3 Å². The average Bonchev–Trinajstić information content (AvgIpc) is 2.22. The Hall–Kier alpha value is -0.0800. The van der Waals surface area contributed by atoms with E-state index in [0.29, 0.717) is 11.0 Å². The summed E-state index contributed by atoms with van der Waals surface area (Å²) >= 11 is 0. The van der Waals surface area contributed by atoms with Crippen molar-refractivity contribution in [1.82, 2.24) is 10.2 Å². The third-order valence-corrected chi connectivity index (χ3v) is 4.02. The van der Waals surface area contributed by atoms with E-state index in [2.05, 4.69) is 51.8 Å². The van der Waals surface area contributed by atoms with Crippen LogP contribution in [0.1, 0.15) is 60.8 Å². The summed E-state index contributed by atoms with van der Waals surface area (Å²) in [6.45, 7) is 19.0. The van der Waals surface area contributed by atoms with E-state index in [9.17, 15) is 0 Å². The van der Waals surface area contributed by atoms with Gasteiger partial charge in [0.05, 0.1) is 0 Å². The van der Waals surface area contributed by atoms with Crippen LogP contribution in [0.15, 0.2) is 0 Å². The minimum atomic E-state index is 0.302. The molecule has 0 aliphatic carbocycles.